The molecule has 2 aliphatic heterocycles. The number of hydrogen-bond acceptors (Lipinski definition) is 6. The fourth-order valence-corrected chi connectivity index (χ4v) is 5.00. The van der Waals surface area contributed by atoms with Crippen molar-refractivity contribution in [2.75, 3.05) is 10.6 Å². The number of hydrogen-bond donors (Lipinski definition) is 3. The molecule has 3 aliphatic rings. The molecule has 1 saturated heterocycles. The van der Waals surface area contributed by atoms with Crippen LogP contribution in [0.25, 0.3) is 0 Å². The third kappa shape index (κ3) is 5.37. The van der Waals surface area contributed by atoms with Gasteiger partial charge in [0.15, 0.2) is 0 Å². The van der Waals surface area contributed by atoms with E-state index in [0.29, 0.717) is 12.1 Å². The fourth-order valence-electron chi connectivity index (χ4n) is 4.71. The first-order valence-electron chi connectivity index (χ1n) is 11.9. The molecule has 0 radical (unpaired) electrons. The molecular formula is C26H20ClF3N4O5. The lowest BCUT2D eigenvalue weighted by Crippen LogP contribution is -2.54. The van der Waals surface area contributed by atoms with Crippen LogP contribution < -0.4 is 16.0 Å². The van der Waals surface area contributed by atoms with Crippen LogP contribution in [0, 0.1) is 5.92 Å². The number of amides is 5. The van der Waals surface area contributed by atoms with Crippen molar-refractivity contribution in [3.05, 3.63) is 70.4 Å². The highest BCUT2D eigenvalue weighted by molar-refractivity contribution is 6.31. The van der Waals surface area contributed by atoms with Gasteiger partial charge >= 0.3 is 6.18 Å². The summed E-state index contributed by atoms with van der Waals surface area (Å²) in [7, 11) is 0. The zero-order chi connectivity index (χ0) is 28.1. The van der Waals surface area contributed by atoms with E-state index in [9.17, 15) is 37.1 Å². The number of rotatable bonds is 6. The third-order valence-corrected chi connectivity index (χ3v) is 7.05. The SMILES string of the molecule is O=C1CCC(N2C(=O)C=C(Nc3cccc([C@H]4C[C@H]4C(=O)Nc4ccc(C(F)(F)F)c(Cl)c4)c3)C2=O)C(=O)N1. The first kappa shape index (κ1) is 26.4. The summed E-state index contributed by atoms with van der Waals surface area (Å²) in [4.78, 5) is 62.4. The Morgan fingerprint density at radius 3 is 2.51 bits per heavy atom. The molecule has 1 unspecified atom stereocenters. The van der Waals surface area contributed by atoms with Crippen molar-refractivity contribution in [2.45, 2.75) is 37.4 Å². The fraction of sp³-hybridized carbons (Fsp3) is 0.269. The van der Waals surface area contributed by atoms with Gasteiger partial charge in [-0.25, -0.2) is 0 Å². The maximum Gasteiger partial charge on any atom is 0.417 e. The maximum atomic E-state index is 12.9. The van der Waals surface area contributed by atoms with E-state index >= 15 is 0 Å². The van der Waals surface area contributed by atoms with Gasteiger partial charge in [0, 0.05) is 29.8 Å². The van der Waals surface area contributed by atoms with Crippen LogP contribution in [0.1, 0.15) is 36.3 Å². The molecule has 0 spiro atoms. The molecule has 39 heavy (non-hydrogen) atoms. The third-order valence-electron chi connectivity index (χ3n) is 6.74. The lowest BCUT2D eigenvalue weighted by atomic mass is 10.0. The van der Waals surface area contributed by atoms with Crippen molar-refractivity contribution in [3.63, 3.8) is 0 Å². The highest BCUT2D eigenvalue weighted by Crippen LogP contribution is 2.48. The minimum absolute atomic E-state index is 0.0142. The Bertz CT molecular complexity index is 1460. The van der Waals surface area contributed by atoms with Gasteiger partial charge in [0.1, 0.15) is 11.7 Å². The average Bonchev–Trinajstić information content (AvgIpc) is 3.61. The summed E-state index contributed by atoms with van der Waals surface area (Å²) in [5, 5.41) is 7.09. The summed E-state index contributed by atoms with van der Waals surface area (Å²) in [5.74, 6) is -3.48. The van der Waals surface area contributed by atoms with E-state index in [0.717, 1.165) is 34.7 Å². The molecular weight excluding hydrogens is 541 g/mol. The van der Waals surface area contributed by atoms with Crippen molar-refractivity contribution >= 4 is 52.5 Å². The van der Waals surface area contributed by atoms with Crippen molar-refractivity contribution in [1.82, 2.24) is 10.2 Å². The van der Waals surface area contributed by atoms with Crippen LogP contribution in [-0.4, -0.2) is 40.5 Å². The molecule has 2 heterocycles. The maximum absolute atomic E-state index is 12.9. The smallest absolute Gasteiger partial charge is 0.351 e. The molecule has 2 fully saturated rings. The number of imide groups is 2. The van der Waals surface area contributed by atoms with Gasteiger partial charge in [-0.05, 0) is 54.7 Å². The largest absolute Gasteiger partial charge is 0.417 e. The highest BCUT2D eigenvalue weighted by atomic mass is 35.5. The van der Waals surface area contributed by atoms with Gasteiger partial charge < -0.3 is 10.6 Å². The van der Waals surface area contributed by atoms with Gasteiger partial charge in [-0.15, -0.1) is 0 Å². The minimum Gasteiger partial charge on any atom is -0.351 e. The minimum atomic E-state index is -4.60. The molecule has 1 saturated carbocycles. The monoisotopic (exact) mass is 560 g/mol. The number of nitrogens with zero attached hydrogens (tertiary/aromatic N) is 1. The molecule has 5 amide bonds. The predicted octanol–water partition coefficient (Wildman–Crippen LogP) is 3.57. The molecule has 1 aliphatic carbocycles. The highest BCUT2D eigenvalue weighted by Gasteiger charge is 2.45. The number of halogens is 4. The quantitative estimate of drug-likeness (QED) is 0.464. The Kier molecular flexibility index (Phi) is 6.67. The van der Waals surface area contributed by atoms with Gasteiger partial charge in [0.2, 0.25) is 17.7 Å². The number of nitrogens with one attached hydrogen (secondary N) is 3. The van der Waals surface area contributed by atoms with Crippen molar-refractivity contribution in [2.24, 2.45) is 5.92 Å². The molecule has 5 rings (SSSR count). The Balaban J connectivity index is 1.22. The first-order chi connectivity index (χ1) is 18.4. The van der Waals surface area contributed by atoms with Crippen molar-refractivity contribution < 1.29 is 37.1 Å². The van der Waals surface area contributed by atoms with Crippen LogP contribution in [-0.2, 0) is 30.1 Å². The van der Waals surface area contributed by atoms with Gasteiger partial charge in [0.05, 0.1) is 10.6 Å². The Morgan fingerprint density at radius 2 is 1.82 bits per heavy atom. The van der Waals surface area contributed by atoms with E-state index in [4.69, 9.17) is 11.6 Å². The number of piperidine rings is 1. The molecule has 2 aromatic rings. The topological polar surface area (TPSA) is 125 Å². The molecule has 0 aromatic heterocycles. The summed E-state index contributed by atoms with van der Waals surface area (Å²) < 4.78 is 38.7. The van der Waals surface area contributed by atoms with Crippen LogP contribution in [0.15, 0.2) is 54.2 Å². The van der Waals surface area contributed by atoms with Crippen LogP contribution in [0.2, 0.25) is 5.02 Å². The molecule has 9 nitrogen and oxygen atoms in total. The number of alkyl halides is 3. The van der Waals surface area contributed by atoms with Crippen LogP contribution in [0.5, 0.6) is 0 Å². The normalized spacial score (nSPS) is 22.9. The molecule has 3 atom stereocenters. The summed E-state index contributed by atoms with van der Waals surface area (Å²) in [6, 6.07) is 8.82. The van der Waals surface area contributed by atoms with E-state index < -0.39 is 52.4 Å². The van der Waals surface area contributed by atoms with Crippen LogP contribution in [0.3, 0.4) is 0 Å². The van der Waals surface area contributed by atoms with Gasteiger partial charge in [0.25, 0.3) is 11.8 Å². The van der Waals surface area contributed by atoms with Gasteiger partial charge in [-0.3, -0.25) is 34.2 Å². The zero-order valence-corrected chi connectivity index (χ0v) is 20.7. The standard InChI is InChI=1S/C26H20ClF3N4O5/c27-18-9-14(4-5-17(18)26(28,29)30)32-23(37)16-10-15(16)12-2-1-3-13(8-12)31-19-11-22(36)34(25(19)39)20-6-7-21(35)33-24(20)38/h1-5,8-9,11,15-16,20,31H,6-7,10H2,(H,32,37)(H,33,35,38)/t15-,16-,20?/m1/s1. The van der Waals surface area contributed by atoms with E-state index in [-0.39, 0.29) is 36.1 Å². The lowest BCUT2D eigenvalue weighted by Gasteiger charge is -2.28. The Labute approximate surface area is 224 Å². The average molecular weight is 561 g/mol. The van der Waals surface area contributed by atoms with Crippen LogP contribution >= 0.6 is 11.6 Å². The molecule has 2 aromatic carbocycles. The summed E-state index contributed by atoms with van der Waals surface area (Å²) in [6.45, 7) is 0. The molecule has 0 bridgehead atoms. The lowest BCUT2D eigenvalue weighted by molar-refractivity contribution is -0.149. The molecule has 13 heteroatoms. The number of benzene rings is 2. The molecule has 3 N–H and O–H groups in total. The molecule has 202 valence electrons. The van der Waals surface area contributed by atoms with Gasteiger partial charge in [-0.2, -0.15) is 13.2 Å². The van der Waals surface area contributed by atoms with E-state index in [1.807, 2.05) is 0 Å². The predicted molar refractivity (Wildman–Crippen MR) is 132 cm³/mol. The number of carbonyl (C=O) groups is 5. The summed E-state index contributed by atoms with van der Waals surface area (Å²) in [6.07, 6.45) is -2.95. The second-order valence-electron chi connectivity index (χ2n) is 9.42. The van der Waals surface area contributed by atoms with E-state index in [2.05, 4.69) is 16.0 Å². The second-order valence-corrected chi connectivity index (χ2v) is 9.83. The van der Waals surface area contributed by atoms with Crippen molar-refractivity contribution in [1.29, 1.82) is 0 Å². The first-order valence-corrected chi connectivity index (χ1v) is 12.3. The Hall–Kier alpha value is -4.19. The summed E-state index contributed by atoms with van der Waals surface area (Å²) in [5.41, 5.74) is 0.381. The Morgan fingerprint density at radius 1 is 1.05 bits per heavy atom. The number of carbonyl (C=O) groups excluding carboxylic acids is 5. The van der Waals surface area contributed by atoms with Crippen molar-refractivity contribution in [3.8, 4) is 0 Å². The zero-order valence-electron chi connectivity index (χ0n) is 20.0. The van der Waals surface area contributed by atoms with E-state index in [1.54, 1.807) is 24.3 Å². The van der Waals surface area contributed by atoms with Crippen LogP contribution in [0.4, 0.5) is 24.5 Å². The number of anilines is 2. The van der Waals surface area contributed by atoms with Gasteiger partial charge in [-0.1, -0.05) is 23.7 Å². The summed E-state index contributed by atoms with van der Waals surface area (Å²) >= 11 is 5.73. The van der Waals surface area contributed by atoms with E-state index in [1.165, 1.54) is 0 Å². The second kappa shape index (κ2) is 9.84.